The van der Waals surface area contributed by atoms with Crippen molar-refractivity contribution >= 4 is 44.6 Å². The van der Waals surface area contributed by atoms with Gasteiger partial charge in [-0.25, -0.2) is 4.79 Å². The van der Waals surface area contributed by atoms with Crippen LogP contribution in [0.2, 0.25) is 0 Å². The second-order valence-electron chi connectivity index (χ2n) is 7.09. The zero-order chi connectivity index (χ0) is 21.6. The summed E-state index contributed by atoms with van der Waals surface area (Å²) in [5, 5.41) is 9.22. The van der Waals surface area contributed by atoms with Gasteiger partial charge in [-0.15, -0.1) is 0 Å². The number of halogens is 1. The minimum absolute atomic E-state index is 0.0421. The van der Waals surface area contributed by atoms with Crippen molar-refractivity contribution in [1.82, 2.24) is 9.88 Å². The summed E-state index contributed by atoms with van der Waals surface area (Å²) in [6, 6.07) is 7.74. The summed E-state index contributed by atoms with van der Waals surface area (Å²) >= 11 is 1.98. The third-order valence-electron chi connectivity index (χ3n) is 5.32. The lowest BCUT2D eigenvalue weighted by Crippen LogP contribution is -2.48. The summed E-state index contributed by atoms with van der Waals surface area (Å²) in [4.78, 5) is 33.9. The maximum Gasteiger partial charge on any atom is 0.329 e. The Balaban J connectivity index is 1.93. The molecule has 30 heavy (non-hydrogen) atoms. The van der Waals surface area contributed by atoms with Crippen LogP contribution in [0.15, 0.2) is 57.3 Å². The molecule has 2 amide bonds. The van der Waals surface area contributed by atoms with E-state index < -0.39 is 17.2 Å². The van der Waals surface area contributed by atoms with E-state index in [2.05, 4.69) is 20.9 Å². The fraction of sp³-hybridized carbons (Fsp3) is 0.238. The monoisotopic (exact) mass is 484 g/mol. The minimum atomic E-state index is -1.40. The molecule has 9 heteroatoms. The van der Waals surface area contributed by atoms with Crippen molar-refractivity contribution in [2.24, 2.45) is 0 Å². The summed E-state index contributed by atoms with van der Waals surface area (Å²) in [6.45, 7) is 0. The molecule has 7 nitrogen and oxygen atoms in total. The lowest BCUT2D eigenvalue weighted by molar-refractivity contribution is -0.115. The molecule has 2 heterocycles. The summed E-state index contributed by atoms with van der Waals surface area (Å²) < 4.78 is 13.2. The molecular formula is C21H17BrN4O3S. The number of ketones is 1. The number of amides is 2. The number of hydrogen-bond acceptors (Lipinski definition) is 5. The van der Waals surface area contributed by atoms with Crippen molar-refractivity contribution in [2.75, 3.05) is 18.2 Å². The Hall–Kier alpha value is -2.67. The minimum Gasteiger partial charge on any atom is -0.612 e. The summed E-state index contributed by atoms with van der Waals surface area (Å²) in [5.74, 6) is -0.0421. The molecule has 0 fully saturated rings. The van der Waals surface area contributed by atoms with E-state index in [-0.39, 0.29) is 11.8 Å². The second kappa shape index (κ2) is 7.87. The molecule has 0 bridgehead atoms. The lowest BCUT2D eigenvalue weighted by atomic mass is 9.92. The molecule has 0 radical (unpaired) electrons. The van der Waals surface area contributed by atoms with Crippen LogP contribution in [0.25, 0.3) is 0 Å². The highest BCUT2D eigenvalue weighted by Gasteiger charge is 2.46. The zero-order valence-corrected chi connectivity index (χ0v) is 18.7. The number of likely N-dealkylation sites (N-methyl/N-ethyl adjacent to an activating group) is 1. The Morgan fingerprint density at radius 3 is 2.70 bits per heavy atom. The summed E-state index contributed by atoms with van der Waals surface area (Å²) in [6.07, 6.45) is 5.48. The number of rotatable bonds is 3. The predicted molar refractivity (Wildman–Crippen MR) is 115 cm³/mol. The number of nitrogens with zero attached hydrogens (tertiary/aromatic N) is 4. The SMILES string of the molecule is CN1C(=O)N(c2cncc(Br)c2)C2=C(C(=O)CC2)C1c1ccc(C#N)cc1[S+](C)[O-]. The average Bonchev–Trinajstić information content (AvgIpc) is 3.09. The van der Waals surface area contributed by atoms with Crippen molar-refractivity contribution < 1.29 is 14.1 Å². The van der Waals surface area contributed by atoms with Crippen molar-refractivity contribution in [3.8, 4) is 6.07 Å². The lowest BCUT2D eigenvalue weighted by Gasteiger charge is -2.40. The number of carbonyl (C=O) groups is 2. The summed E-state index contributed by atoms with van der Waals surface area (Å²) in [7, 11) is 1.63. The first-order valence-electron chi connectivity index (χ1n) is 9.14. The van der Waals surface area contributed by atoms with Crippen molar-refractivity contribution in [2.45, 2.75) is 23.8 Å². The maximum atomic E-state index is 13.4. The number of aromatic nitrogens is 1. The fourth-order valence-corrected chi connectivity index (χ4v) is 5.17. The van der Waals surface area contributed by atoms with Crippen molar-refractivity contribution in [3.63, 3.8) is 0 Å². The molecule has 2 aliphatic rings. The third kappa shape index (κ3) is 3.31. The number of benzene rings is 1. The standard InChI is InChI=1S/C21H17BrN4O3S/c1-25-20(15-4-3-12(9-23)7-18(15)30(2)29)19-16(5-6-17(19)27)26(21(25)28)14-8-13(22)10-24-11-14/h3-4,7-8,10-11,20H,5-6H2,1-2H3. The van der Waals surface area contributed by atoms with Gasteiger partial charge < -0.3 is 9.45 Å². The molecule has 2 atom stereocenters. The first-order chi connectivity index (χ1) is 14.3. The van der Waals surface area contributed by atoms with Crippen LogP contribution in [0.4, 0.5) is 10.5 Å². The molecular weight excluding hydrogens is 468 g/mol. The van der Waals surface area contributed by atoms with Gasteiger partial charge in [0.1, 0.15) is 6.26 Å². The molecule has 0 N–H and O–H groups in total. The molecule has 0 spiro atoms. The van der Waals surface area contributed by atoms with Crippen molar-refractivity contribution in [3.05, 3.63) is 63.5 Å². The Kier molecular flexibility index (Phi) is 5.40. The molecule has 1 aliphatic heterocycles. The van der Waals surface area contributed by atoms with Gasteiger partial charge in [-0.3, -0.25) is 14.7 Å². The largest absolute Gasteiger partial charge is 0.612 e. The topological polar surface area (TPSA) is 100 Å². The summed E-state index contributed by atoms with van der Waals surface area (Å²) in [5.41, 5.74) is 2.71. The van der Waals surface area contributed by atoms with E-state index in [4.69, 9.17) is 0 Å². The van der Waals surface area contributed by atoms with Crippen LogP contribution in [0.1, 0.15) is 30.0 Å². The Bertz CT molecular complexity index is 1140. The third-order valence-corrected chi connectivity index (χ3v) is 6.73. The zero-order valence-electron chi connectivity index (χ0n) is 16.3. The van der Waals surface area contributed by atoms with E-state index in [0.717, 1.165) is 4.47 Å². The molecule has 0 saturated carbocycles. The first-order valence-corrected chi connectivity index (χ1v) is 11.5. The van der Waals surface area contributed by atoms with E-state index in [9.17, 15) is 19.4 Å². The Morgan fingerprint density at radius 1 is 1.27 bits per heavy atom. The maximum absolute atomic E-state index is 13.4. The highest BCUT2D eigenvalue weighted by Crippen LogP contribution is 2.45. The van der Waals surface area contributed by atoms with E-state index in [1.165, 1.54) is 16.1 Å². The van der Waals surface area contributed by atoms with Gasteiger partial charge in [0.25, 0.3) is 0 Å². The predicted octanol–water partition coefficient (Wildman–Crippen LogP) is 3.68. The van der Waals surface area contributed by atoms with Crippen LogP contribution in [-0.2, 0) is 16.0 Å². The van der Waals surface area contributed by atoms with Crippen LogP contribution in [0.3, 0.4) is 0 Å². The Morgan fingerprint density at radius 2 is 2.03 bits per heavy atom. The number of pyridine rings is 1. The van der Waals surface area contributed by atoms with E-state index >= 15 is 0 Å². The van der Waals surface area contributed by atoms with Gasteiger partial charge in [-0.05, 0) is 45.7 Å². The van der Waals surface area contributed by atoms with Gasteiger partial charge in [0.2, 0.25) is 0 Å². The van der Waals surface area contributed by atoms with Crippen LogP contribution in [0.5, 0.6) is 0 Å². The van der Waals surface area contributed by atoms with Gasteiger partial charge in [-0.2, -0.15) is 5.26 Å². The number of hydrogen-bond donors (Lipinski definition) is 0. The van der Waals surface area contributed by atoms with Gasteiger partial charge >= 0.3 is 6.03 Å². The molecule has 4 rings (SSSR count). The molecule has 0 saturated heterocycles. The van der Waals surface area contributed by atoms with Gasteiger partial charge in [-0.1, -0.05) is 6.07 Å². The first kappa shape index (κ1) is 20.6. The number of anilines is 1. The molecule has 1 aromatic heterocycles. The van der Waals surface area contributed by atoms with Crippen LogP contribution < -0.4 is 4.90 Å². The van der Waals surface area contributed by atoms with E-state index in [1.807, 2.05) is 6.07 Å². The highest BCUT2D eigenvalue weighted by atomic mass is 79.9. The number of carbonyl (C=O) groups excluding carboxylic acids is 2. The van der Waals surface area contributed by atoms with E-state index in [1.54, 1.807) is 43.7 Å². The van der Waals surface area contributed by atoms with Crippen molar-refractivity contribution in [1.29, 1.82) is 5.26 Å². The molecule has 152 valence electrons. The van der Waals surface area contributed by atoms with Crippen LogP contribution in [-0.4, -0.2) is 39.6 Å². The molecule has 2 unspecified atom stereocenters. The Labute approximate surface area is 185 Å². The second-order valence-corrected chi connectivity index (χ2v) is 9.36. The average molecular weight is 485 g/mol. The van der Waals surface area contributed by atoms with E-state index in [0.29, 0.717) is 45.8 Å². The fourth-order valence-electron chi connectivity index (χ4n) is 4.01. The van der Waals surface area contributed by atoms with Crippen LogP contribution >= 0.6 is 15.9 Å². The van der Waals surface area contributed by atoms with Gasteiger partial charge in [0.15, 0.2) is 10.7 Å². The quantitative estimate of drug-likeness (QED) is 0.618. The normalized spacial score (nSPS) is 19.8. The smallest absolute Gasteiger partial charge is 0.329 e. The highest BCUT2D eigenvalue weighted by molar-refractivity contribution is 9.10. The molecule has 1 aromatic carbocycles. The van der Waals surface area contributed by atoms with Gasteiger partial charge in [0, 0.05) is 47.0 Å². The number of Topliss-reactive ketones (excluding diaryl/α,β-unsaturated/α-hetero) is 1. The molecule has 1 aliphatic carbocycles. The van der Waals surface area contributed by atoms with Crippen LogP contribution in [0, 0.1) is 11.3 Å². The number of nitriles is 1. The molecule has 2 aromatic rings. The number of allylic oxidation sites excluding steroid dienone is 1. The van der Waals surface area contributed by atoms with Gasteiger partial charge in [0.05, 0.1) is 29.6 Å². The number of urea groups is 1.